The number of alkyl halides is 3. The molecule has 0 spiro atoms. The average Bonchev–Trinajstić information content (AvgIpc) is 2.34. The first-order valence-corrected chi connectivity index (χ1v) is 7.12. The minimum Gasteiger partial charge on any atom is -0.377 e. The first-order valence-electron chi connectivity index (χ1n) is 5.72. The fourth-order valence-corrected chi connectivity index (χ4v) is 2.09. The largest absolute Gasteiger partial charge is 0.433 e. The van der Waals surface area contributed by atoms with Gasteiger partial charge in [0, 0.05) is 6.04 Å². The second kappa shape index (κ2) is 6.78. The van der Waals surface area contributed by atoms with E-state index < -0.39 is 22.5 Å². The highest BCUT2D eigenvalue weighted by molar-refractivity contribution is 7.98. The number of hydrogen-bond acceptors (Lipinski definition) is 5. The van der Waals surface area contributed by atoms with E-state index in [9.17, 15) is 23.3 Å². The van der Waals surface area contributed by atoms with Gasteiger partial charge in [0.25, 0.3) is 0 Å². The Kier molecular flexibility index (Phi) is 5.61. The van der Waals surface area contributed by atoms with Crippen LogP contribution in [0.15, 0.2) is 12.3 Å². The number of hydrogen-bond donors (Lipinski definition) is 1. The molecule has 1 aromatic heterocycles. The predicted molar refractivity (Wildman–Crippen MR) is 72.0 cm³/mol. The molecular weight excluding hydrogens is 295 g/mol. The lowest BCUT2D eigenvalue weighted by Crippen LogP contribution is -2.18. The van der Waals surface area contributed by atoms with E-state index in [1.807, 2.05) is 6.26 Å². The molecule has 1 rings (SSSR count). The van der Waals surface area contributed by atoms with Crippen molar-refractivity contribution >= 4 is 23.1 Å². The van der Waals surface area contributed by atoms with E-state index in [2.05, 4.69) is 10.3 Å². The third-order valence-electron chi connectivity index (χ3n) is 2.53. The molecule has 0 aromatic carbocycles. The molecule has 5 nitrogen and oxygen atoms in total. The lowest BCUT2D eigenvalue weighted by atomic mass is 10.2. The molecule has 1 atom stereocenters. The van der Waals surface area contributed by atoms with Crippen LogP contribution in [0, 0.1) is 10.1 Å². The predicted octanol–water partition coefficient (Wildman–Crippen LogP) is 3.56. The number of nitrogens with one attached hydrogen (secondary N) is 1. The van der Waals surface area contributed by atoms with E-state index >= 15 is 0 Å². The van der Waals surface area contributed by atoms with Gasteiger partial charge in [-0.05, 0) is 31.4 Å². The Morgan fingerprint density at radius 3 is 2.70 bits per heavy atom. The lowest BCUT2D eigenvalue weighted by Gasteiger charge is -2.15. The van der Waals surface area contributed by atoms with E-state index in [1.165, 1.54) is 0 Å². The molecule has 112 valence electrons. The molecule has 0 aliphatic heterocycles. The van der Waals surface area contributed by atoms with Gasteiger partial charge in [-0.2, -0.15) is 24.9 Å². The number of pyridine rings is 1. The third-order valence-corrected chi connectivity index (χ3v) is 3.17. The SMILES string of the molecule is CSCCC(C)Nc1cc(C(F)(F)F)ncc1[N+](=O)[O-]. The first kappa shape index (κ1) is 16.5. The zero-order valence-electron chi connectivity index (χ0n) is 10.9. The highest BCUT2D eigenvalue weighted by Crippen LogP contribution is 2.33. The Hall–Kier alpha value is -1.51. The number of thioether (sulfide) groups is 1. The summed E-state index contributed by atoms with van der Waals surface area (Å²) in [5.74, 6) is 0.805. The summed E-state index contributed by atoms with van der Waals surface area (Å²) in [5.41, 5.74) is -1.78. The standard InChI is InChI=1S/C11H14F3N3O2S/c1-7(3-4-20-2)16-8-5-10(11(12,13)14)15-6-9(8)17(18)19/h5-7H,3-4H2,1-2H3,(H,15,16). The van der Waals surface area contributed by atoms with E-state index in [0.29, 0.717) is 18.7 Å². The van der Waals surface area contributed by atoms with Gasteiger partial charge in [0.05, 0.1) is 4.92 Å². The average molecular weight is 309 g/mol. The van der Waals surface area contributed by atoms with Gasteiger partial charge in [0.2, 0.25) is 0 Å². The molecule has 0 saturated heterocycles. The molecule has 1 N–H and O–H groups in total. The number of nitro groups is 1. The van der Waals surface area contributed by atoms with Gasteiger partial charge < -0.3 is 5.32 Å². The summed E-state index contributed by atoms with van der Waals surface area (Å²) >= 11 is 1.59. The number of nitrogens with zero attached hydrogens (tertiary/aromatic N) is 2. The van der Waals surface area contributed by atoms with E-state index in [0.717, 1.165) is 5.75 Å². The summed E-state index contributed by atoms with van der Waals surface area (Å²) in [4.78, 5) is 13.2. The van der Waals surface area contributed by atoms with Gasteiger partial charge >= 0.3 is 11.9 Å². The van der Waals surface area contributed by atoms with Gasteiger partial charge in [-0.3, -0.25) is 10.1 Å². The van der Waals surface area contributed by atoms with Crippen LogP contribution in [0.25, 0.3) is 0 Å². The fourth-order valence-electron chi connectivity index (χ4n) is 1.50. The Labute approximate surface area is 118 Å². The molecule has 0 amide bonds. The summed E-state index contributed by atoms with van der Waals surface area (Å²) in [6.45, 7) is 1.76. The second-order valence-corrected chi connectivity index (χ2v) is 5.15. The van der Waals surface area contributed by atoms with Crippen molar-refractivity contribution in [3.05, 3.63) is 28.1 Å². The van der Waals surface area contributed by atoms with Crippen LogP contribution in [0.2, 0.25) is 0 Å². The van der Waals surface area contributed by atoms with Crippen LogP contribution in [-0.2, 0) is 6.18 Å². The van der Waals surface area contributed by atoms with Gasteiger partial charge in [0.1, 0.15) is 17.6 Å². The molecule has 0 saturated carbocycles. The minimum absolute atomic E-state index is 0.161. The van der Waals surface area contributed by atoms with Crippen LogP contribution in [0.5, 0.6) is 0 Å². The smallest absolute Gasteiger partial charge is 0.377 e. The zero-order chi connectivity index (χ0) is 15.3. The van der Waals surface area contributed by atoms with Crippen LogP contribution < -0.4 is 5.32 Å². The van der Waals surface area contributed by atoms with Crippen molar-refractivity contribution in [2.75, 3.05) is 17.3 Å². The molecule has 1 heterocycles. The summed E-state index contributed by atoms with van der Waals surface area (Å²) in [6, 6.07) is 0.498. The molecule has 0 bridgehead atoms. The molecule has 9 heteroatoms. The molecule has 0 aliphatic carbocycles. The number of anilines is 1. The van der Waals surface area contributed by atoms with Crippen LogP contribution in [0.1, 0.15) is 19.0 Å². The maximum Gasteiger partial charge on any atom is 0.433 e. The van der Waals surface area contributed by atoms with Crippen molar-refractivity contribution in [3.63, 3.8) is 0 Å². The normalized spacial score (nSPS) is 13.1. The Morgan fingerprint density at radius 2 is 2.20 bits per heavy atom. The topological polar surface area (TPSA) is 68.1 Å². The summed E-state index contributed by atoms with van der Waals surface area (Å²) in [5, 5.41) is 13.6. The van der Waals surface area contributed by atoms with Crippen molar-refractivity contribution in [3.8, 4) is 0 Å². The van der Waals surface area contributed by atoms with E-state index in [-0.39, 0.29) is 11.7 Å². The minimum atomic E-state index is -4.63. The lowest BCUT2D eigenvalue weighted by molar-refractivity contribution is -0.384. The van der Waals surface area contributed by atoms with Crippen LogP contribution in [-0.4, -0.2) is 28.0 Å². The molecule has 1 aromatic rings. The van der Waals surface area contributed by atoms with Crippen LogP contribution >= 0.6 is 11.8 Å². The summed E-state index contributed by atoms with van der Waals surface area (Å²) in [6.07, 6.45) is -1.41. The van der Waals surface area contributed by atoms with Crippen molar-refractivity contribution in [2.24, 2.45) is 0 Å². The van der Waals surface area contributed by atoms with Crippen LogP contribution in [0.4, 0.5) is 24.5 Å². The van der Waals surface area contributed by atoms with Crippen molar-refractivity contribution in [1.82, 2.24) is 4.98 Å². The molecular formula is C11H14F3N3O2S. The van der Waals surface area contributed by atoms with Crippen molar-refractivity contribution in [2.45, 2.75) is 25.6 Å². The fraction of sp³-hybridized carbons (Fsp3) is 0.545. The van der Waals surface area contributed by atoms with Gasteiger partial charge in [-0.1, -0.05) is 0 Å². The zero-order valence-corrected chi connectivity index (χ0v) is 11.7. The monoisotopic (exact) mass is 309 g/mol. The van der Waals surface area contributed by atoms with Gasteiger partial charge in [-0.15, -0.1) is 0 Å². The number of rotatable bonds is 6. The van der Waals surface area contributed by atoms with Gasteiger partial charge in [-0.25, -0.2) is 4.98 Å². The number of aromatic nitrogens is 1. The Balaban J connectivity index is 3.03. The first-order chi connectivity index (χ1) is 9.25. The van der Waals surface area contributed by atoms with Crippen molar-refractivity contribution in [1.29, 1.82) is 0 Å². The molecule has 20 heavy (non-hydrogen) atoms. The van der Waals surface area contributed by atoms with Crippen molar-refractivity contribution < 1.29 is 18.1 Å². The molecule has 0 radical (unpaired) electrons. The second-order valence-electron chi connectivity index (χ2n) is 4.17. The van der Waals surface area contributed by atoms with E-state index in [1.54, 1.807) is 18.7 Å². The molecule has 0 aliphatic rings. The Bertz CT molecular complexity index is 482. The Morgan fingerprint density at radius 1 is 1.55 bits per heavy atom. The van der Waals surface area contributed by atoms with Crippen LogP contribution in [0.3, 0.4) is 0 Å². The molecule has 0 fully saturated rings. The number of halogens is 3. The van der Waals surface area contributed by atoms with E-state index in [4.69, 9.17) is 0 Å². The highest BCUT2D eigenvalue weighted by Gasteiger charge is 2.34. The van der Waals surface area contributed by atoms with Gasteiger partial charge in [0.15, 0.2) is 0 Å². The third kappa shape index (κ3) is 4.55. The quantitative estimate of drug-likeness (QED) is 0.643. The maximum absolute atomic E-state index is 12.6. The summed E-state index contributed by atoms with van der Waals surface area (Å²) in [7, 11) is 0. The summed E-state index contributed by atoms with van der Waals surface area (Å²) < 4.78 is 37.7. The highest BCUT2D eigenvalue weighted by atomic mass is 32.2. The molecule has 1 unspecified atom stereocenters. The maximum atomic E-state index is 12.6.